The molecule has 2 aliphatic heterocycles. The van der Waals surface area contributed by atoms with Crippen LogP contribution >= 0.6 is 0 Å². The average Bonchev–Trinajstić information content (AvgIpc) is 3.29. The van der Waals surface area contributed by atoms with Crippen LogP contribution in [-0.2, 0) is 21.7 Å². The van der Waals surface area contributed by atoms with Crippen LogP contribution in [0.5, 0.6) is 0 Å². The van der Waals surface area contributed by atoms with E-state index in [1.165, 1.54) is 83.8 Å². The van der Waals surface area contributed by atoms with Crippen molar-refractivity contribution in [3.05, 3.63) is 233 Å². The van der Waals surface area contributed by atoms with E-state index in [-0.39, 0.29) is 23.0 Å². The summed E-state index contributed by atoms with van der Waals surface area (Å²) >= 11 is 0. The molecule has 316 valence electrons. The Bertz CT molecular complexity index is 2890. The summed E-state index contributed by atoms with van der Waals surface area (Å²) in [5.41, 5.74) is 19.6. The summed E-state index contributed by atoms with van der Waals surface area (Å²) in [5, 5.41) is 0. The lowest BCUT2D eigenvalue weighted by Crippen LogP contribution is -2.61. The molecule has 0 aromatic heterocycles. The first-order valence-electron chi connectivity index (χ1n) is 23.1. The van der Waals surface area contributed by atoms with Crippen LogP contribution in [0.1, 0.15) is 101 Å². The SMILES string of the molecule is CC(C)(C)c1cccc(N2c3cc(C(C)(C)C)ccc3B3c4ccc(C(C)(C)C)cc4N(c4ccc(C(c5ccccc5)(c5ccccc5)c5ccccc5)cc4)c4cccc2c43)c1. The van der Waals surface area contributed by atoms with E-state index < -0.39 is 5.41 Å². The van der Waals surface area contributed by atoms with Gasteiger partial charge in [0.15, 0.2) is 0 Å². The van der Waals surface area contributed by atoms with Gasteiger partial charge >= 0.3 is 0 Å². The molecule has 3 heteroatoms. The maximum absolute atomic E-state index is 2.55. The minimum atomic E-state index is -0.532. The molecule has 10 rings (SSSR count). The molecule has 0 aliphatic carbocycles. The smallest absolute Gasteiger partial charge is 0.252 e. The van der Waals surface area contributed by atoms with E-state index in [2.05, 4.69) is 266 Å². The molecular formula is C61H59BN2. The fourth-order valence-corrected chi connectivity index (χ4v) is 10.5. The van der Waals surface area contributed by atoms with Crippen LogP contribution in [0, 0.1) is 0 Å². The van der Waals surface area contributed by atoms with E-state index in [4.69, 9.17) is 0 Å². The molecule has 0 amide bonds. The van der Waals surface area contributed by atoms with Gasteiger partial charge in [-0.2, -0.15) is 0 Å². The molecule has 8 aromatic carbocycles. The van der Waals surface area contributed by atoms with Crippen LogP contribution < -0.4 is 26.2 Å². The number of nitrogens with zero attached hydrogens (tertiary/aromatic N) is 2. The Morgan fingerprint density at radius 1 is 0.297 bits per heavy atom. The van der Waals surface area contributed by atoms with Crippen LogP contribution in [0.4, 0.5) is 34.1 Å². The van der Waals surface area contributed by atoms with Crippen LogP contribution in [-0.4, -0.2) is 6.71 Å². The zero-order valence-electron chi connectivity index (χ0n) is 38.9. The van der Waals surface area contributed by atoms with Gasteiger partial charge in [-0.3, -0.25) is 0 Å². The molecule has 0 radical (unpaired) electrons. The Kier molecular flexibility index (Phi) is 9.91. The van der Waals surface area contributed by atoms with E-state index in [0.29, 0.717) is 0 Å². The molecule has 0 atom stereocenters. The van der Waals surface area contributed by atoms with Gasteiger partial charge in [0, 0.05) is 34.1 Å². The first kappa shape index (κ1) is 41.4. The number of benzene rings is 8. The molecule has 0 saturated carbocycles. The molecule has 0 bridgehead atoms. The van der Waals surface area contributed by atoms with Gasteiger partial charge in [0.25, 0.3) is 6.71 Å². The van der Waals surface area contributed by atoms with Crippen LogP contribution in [0.25, 0.3) is 0 Å². The first-order chi connectivity index (χ1) is 30.7. The standard InChI is InChI=1S/C61H59BN2/c1-58(2,3)46-27-19-28-50(39-46)64-54-30-20-29-53-57(54)62(52-38-34-48(41-56(52)64)60(7,8)9)51-37-33-47(59(4,5)6)40-55(51)63(53)49-35-31-45(32-36-49)61(42-21-13-10-14-22-42,43-23-15-11-16-24-43)44-25-17-12-18-26-44/h10-41H,1-9H3. The lowest BCUT2D eigenvalue weighted by molar-refractivity contribution is 0.590. The predicted octanol–water partition coefficient (Wildman–Crippen LogP) is 14.0. The van der Waals surface area contributed by atoms with E-state index in [1.807, 2.05) is 0 Å². The number of hydrogen-bond acceptors (Lipinski definition) is 2. The largest absolute Gasteiger partial charge is 0.311 e. The first-order valence-corrected chi connectivity index (χ1v) is 23.1. The van der Waals surface area contributed by atoms with Crippen molar-refractivity contribution in [3.63, 3.8) is 0 Å². The molecule has 0 fully saturated rings. The number of rotatable bonds is 6. The number of fused-ring (bicyclic) bond motifs is 4. The highest BCUT2D eigenvalue weighted by atomic mass is 15.2. The summed E-state index contributed by atoms with van der Waals surface area (Å²) in [6.45, 7) is 20.9. The van der Waals surface area contributed by atoms with Crippen molar-refractivity contribution in [2.75, 3.05) is 9.80 Å². The maximum Gasteiger partial charge on any atom is 0.252 e. The molecular weight excluding hydrogens is 771 g/mol. The predicted molar refractivity (Wildman–Crippen MR) is 275 cm³/mol. The highest BCUT2D eigenvalue weighted by Gasteiger charge is 2.44. The average molecular weight is 831 g/mol. The molecule has 2 aliphatic rings. The fourth-order valence-electron chi connectivity index (χ4n) is 10.5. The maximum atomic E-state index is 2.55. The zero-order chi connectivity index (χ0) is 44.6. The lowest BCUT2D eigenvalue weighted by atomic mass is 9.33. The van der Waals surface area contributed by atoms with E-state index in [1.54, 1.807) is 0 Å². The van der Waals surface area contributed by atoms with Gasteiger partial charge in [-0.25, -0.2) is 0 Å². The van der Waals surface area contributed by atoms with Gasteiger partial charge in [0.1, 0.15) is 0 Å². The van der Waals surface area contributed by atoms with Gasteiger partial charge in [-0.05, 0) is 120 Å². The van der Waals surface area contributed by atoms with Gasteiger partial charge in [-0.15, -0.1) is 0 Å². The van der Waals surface area contributed by atoms with Crippen molar-refractivity contribution >= 4 is 57.2 Å². The molecule has 0 N–H and O–H groups in total. The zero-order valence-corrected chi connectivity index (χ0v) is 38.9. The summed E-state index contributed by atoms with van der Waals surface area (Å²) < 4.78 is 0. The van der Waals surface area contributed by atoms with Crippen molar-refractivity contribution in [3.8, 4) is 0 Å². The van der Waals surface area contributed by atoms with Crippen LogP contribution in [0.2, 0.25) is 0 Å². The van der Waals surface area contributed by atoms with Gasteiger partial charge in [0.05, 0.1) is 5.41 Å². The Morgan fingerprint density at radius 2 is 0.656 bits per heavy atom. The fraction of sp³-hybridized carbons (Fsp3) is 0.213. The summed E-state index contributed by atoms with van der Waals surface area (Å²) in [7, 11) is 0. The molecule has 2 nitrogen and oxygen atoms in total. The molecule has 64 heavy (non-hydrogen) atoms. The van der Waals surface area contributed by atoms with Crippen LogP contribution in [0.15, 0.2) is 194 Å². The summed E-state index contributed by atoms with van der Waals surface area (Å²) in [5.74, 6) is 0. The van der Waals surface area contributed by atoms with Gasteiger partial charge < -0.3 is 9.80 Å². The lowest BCUT2D eigenvalue weighted by Gasteiger charge is -2.45. The summed E-state index contributed by atoms with van der Waals surface area (Å²) in [6.07, 6.45) is 0. The Balaban J connectivity index is 1.22. The Labute approximate surface area is 382 Å². The van der Waals surface area contributed by atoms with E-state index in [0.717, 1.165) is 5.69 Å². The van der Waals surface area contributed by atoms with E-state index >= 15 is 0 Å². The minimum Gasteiger partial charge on any atom is -0.311 e. The third-order valence-electron chi connectivity index (χ3n) is 13.9. The summed E-state index contributed by atoms with van der Waals surface area (Å²) in [4.78, 5) is 5.11. The minimum absolute atomic E-state index is 0.00627. The third kappa shape index (κ3) is 6.80. The third-order valence-corrected chi connectivity index (χ3v) is 13.9. The van der Waals surface area contributed by atoms with Crippen molar-refractivity contribution in [1.29, 1.82) is 0 Å². The molecule has 0 spiro atoms. The highest BCUT2D eigenvalue weighted by molar-refractivity contribution is 7.00. The molecule has 8 aromatic rings. The van der Waals surface area contributed by atoms with Crippen molar-refractivity contribution < 1.29 is 0 Å². The highest BCUT2D eigenvalue weighted by Crippen LogP contribution is 2.49. The van der Waals surface area contributed by atoms with Gasteiger partial charge in [0.2, 0.25) is 0 Å². The van der Waals surface area contributed by atoms with Crippen molar-refractivity contribution in [1.82, 2.24) is 0 Å². The van der Waals surface area contributed by atoms with Gasteiger partial charge in [-0.1, -0.05) is 208 Å². The monoisotopic (exact) mass is 830 g/mol. The molecule has 0 saturated heterocycles. The Morgan fingerprint density at radius 3 is 1.09 bits per heavy atom. The van der Waals surface area contributed by atoms with Crippen molar-refractivity contribution in [2.45, 2.75) is 84.0 Å². The van der Waals surface area contributed by atoms with E-state index in [9.17, 15) is 0 Å². The second-order valence-electron chi connectivity index (χ2n) is 21.1. The molecule has 2 heterocycles. The number of anilines is 6. The van der Waals surface area contributed by atoms with Crippen LogP contribution in [0.3, 0.4) is 0 Å². The van der Waals surface area contributed by atoms with Crippen molar-refractivity contribution in [2.24, 2.45) is 0 Å². The number of hydrogen-bond donors (Lipinski definition) is 0. The quantitative estimate of drug-likeness (QED) is 0.122. The second-order valence-corrected chi connectivity index (χ2v) is 21.1. The molecule has 0 unspecified atom stereocenters. The second kappa shape index (κ2) is 15.3. The topological polar surface area (TPSA) is 6.48 Å². The normalized spacial score (nSPS) is 13.6. The summed E-state index contributed by atoms with van der Waals surface area (Å²) in [6, 6.07) is 73.3. The Hall–Kier alpha value is -6.58.